The smallest absolute Gasteiger partial charge is 0.252 e. The summed E-state index contributed by atoms with van der Waals surface area (Å²) in [5, 5.41) is 1.40. The third-order valence-corrected chi connectivity index (χ3v) is 11.6. The van der Waals surface area contributed by atoms with Crippen molar-refractivity contribution in [3.8, 4) is 16.9 Å². The molecule has 0 radical (unpaired) electrons. The second kappa shape index (κ2) is 7.81. The van der Waals surface area contributed by atoms with Gasteiger partial charge < -0.3 is 9.47 Å². The maximum Gasteiger partial charge on any atom is 0.252 e. The molecule has 1 aromatic heterocycles. The summed E-state index contributed by atoms with van der Waals surface area (Å²) < 4.78 is 2.66. The van der Waals surface area contributed by atoms with Crippen LogP contribution in [0.25, 0.3) is 27.8 Å². The highest BCUT2D eigenvalue weighted by Crippen LogP contribution is 2.61. The molecule has 4 aliphatic rings. The highest BCUT2D eigenvalue weighted by molar-refractivity contribution is 7.00. The van der Waals surface area contributed by atoms with E-state index in [0.29, 0.717) is 0 Å². The van der Waals surface area contributed by atoms with Crippen LogP contribution < -0.4 is 21.3 Å². The zero-order valence-electron chi connectivity index (χ0n) is 25.8. The molecule has 9 rings (SSSR count). The molecule has 2 atom stereocenters. The summed E-state index contributed by atoms with van der Waals surface area (Å²) in [5.41, 5.74) is 17.4. The normalized spacial score (nSPS) is 23.2. The quantitative estimate of drug-likeness (QED) is 0.191. The molecule has 0 spiro atoms. The fourth-order valence-electron chi connectivity index (χ4n) is 9.77. The van der Waals surface area contributed by atoms with E-state index in [4.69, 9.17) is 0 Å². The third kappa shape index (κ3) is 2.75. The van der Waals surface area contributed by atoms with Crippen molar-refractivity contribution in [2.24, 2.45) is 0 Å². The molecular formula is C39H39BN2. The first-order valence-corrected chi connectivity index (χ1v) is 16.0. The molecular weight excluding hydrogens is 507 g/mol. The number of para-hydroxylation sites is 2. The number of benzene rings is 4. The van der Waals surface area contributed by atoms with Crippen LogP contribution in [0, 0.1) is 6.92 Å². The molecule has 1 fully saturated rings. The number of aromatic nitrogens is 1. The van der Waals surface area contributed by atoms with Gasteiger partial charge in [-0.1, -0.05) is 107 Å². The number of rotatable bonds is 1. The van der Waals surface area contributed by atoms with Gasteiger partial charge in [0.2, 0.25) is 0 Å². The van der Waals surface area contributed by atoms with E-state index in [1.807, 2.05) is 0 Å². The molecule has 3 aliphatic heterocycles. The summed E-state index contributed by atoms with van der Waals surface area (Å²) in [7, 11) is 0. The molecule has 4 heterocycles. The van der Waals surface area contributed by atoms with Crippen LogP contribution >= 0.6 is 0 Å². The molecule has 2 unspecified atom stereocenters. The summed E-state index contributed by atoms with van der Waals surface area (Å²) in [6.07, 6.45) is 5.12. The Labute approximate surface area is 250 Å². The largest absolute Gasteiger partial charge is 0.335 e. The van der Waals surface area contributed by atoms with Gasteiger partial charge in [-0.05, 0) is 82.9 Å². The van der Waals surface area contributed by atoms with E-state index < -0.39 is 0 Å². The number of hydrogen-bond donors (Lipinski definition) is 0. The standard InChI is InChI=1S/C39H39BN2/c1-24-22-30-33-31(23-24)42-36-27(38(5)20-10-11-21-39(38,42)6)17-13-19-29(36)40(33)28-18-12-16-26-32(37(2,3)4)34(41(30)35(26)28)25-14-8-7-9-15-25/h7-9,12-19,22-23H,10-11,20-21H2,1-6H3. The predicted molar refractivity (Wildman–Crippen MR) is 180 cm³/mol. The fourth-order valence-corrected chi connectivity index (χ4v) is 9.77. The summed E-state index contributed by atoms with van der Waals surface area (Å²) in [6.45, 7) is 14.8. The van der Waals surface area contributed by atoms with E-state index >= 15 is 0 Å². The molecule has 42 heavy (non-hydrogen) atoms. The van der Waals surface area contributed by atoms with Crippen molar-refractivity contribution in [1.82, 2.24) is 4.57 Å². The van der Waals surface area contributed by atoms with E-state index in [1.54, 1.807) is 5.56 Å². The highest BCUT2D eigenvalue weighted by Gasteiger charge is 2.61. The van der Waals surface area contributed by atoms with Crippen molar-refractivity contribution in [2.45, 2.75) is 83.6 Å². The fraction of sp³-hybridized carbons (Fsp3) is 0.333. The zero-order valence-corrected chi connectivity index (χ0v) is 25.8. The monoisotopic (exact) mass is 546 g/mol. The van der Waals surface area contributed by atoms with Gasteiger partial charge >= 0.3 is 0 Å². The molecule has 1 aliphatic carbocycles. The van der Waals surface area contributed by atoms with Gasteiger partial charge in [-0.3, -0.25) is 0 Å². The van der Waals surface area contributed by atoms with Crippen LogP contribution in [0.2, 0.25) is 0 Å². The molecule has 0 amide bonds. The maximum absolute atomic E-state index is 2.83. The van der Waals surface area contributed by atoms with Crippen LogP contribution in [0.3, 0.4) is 0 Å². The Morgan fingerprint density at radius 1 is 0.786 bits per heavy atom. The predicted octanol–water partition coefficient (Wildman–Crippen LogP) is 7.79. The first-order chi connectivity index (χ1) is 20.1. The van der Waals surface area contributed by atoms with Crippen LogP contribution in [0.4, 0.5) is 11.4 Å². The van der Waals surface area contributed by atoms with Gasteiger partial charge in [0.15, 0.2) is 0 Å². The van der Waals surface area contributed by atoms with E-state index in [-0.39, 0.29) is 23.1 Å². The van der Waals surface area contributed by atoms with Crippen molar-refractivity contribution in [2.75, 3.05) is 4.90 Å². The molecule has 0 saturated heterocycles. The molecule has 4 aromatic carbocycles. The average molecular weight is 547 g/mol. The highest BCUT2D eigenvalue weighted by atomic mass is 15.3. The minimum absolute atomic E-state index is 0.0138. The van der Waals surface area contributed by atoms with Crippen LogP contribution in [-0.2, 0) is 10.8 Å². The lowest BCUT2D eigenvalue weighted by atomic mass is 9.33. The van der Waals surface area contributed by atoms with Crippen molar-refractivity contribution in [3.05, 3.63) is 95.6 Å². The van der Waals surface area contributed by atoms with E-state index in [0.717, 1.165) is 0 Å². The Balaban J connectivity index is 1.48. The number of hydrogen-bond acceptors (Lipinski definition) is 1. The second-order valence-electron chi connectivity index (χ2n) is 15.0. The minimum Gasteiger partial charge on any atom is -0.335 e. The lowest BCUT2D eigenvalue weighted by molar-refractivity contribution is 0.195. The number of fused-ring (bicyclic) bond motifs is 7. The van der Waals surface area contributed by atoms with Gasteiger partial charge in [-0.25, -0.2) is 0 Å². The summed E-state index contributed by atoms with van der Waals surface area (Å²) >= 11 is 0. The van der Waals surface area contributed by atoms with Crippen LogP contribution in [-0.4, -0.2) is 16.8 Å². The first-order valence-electron chi connectivity index (χ1n) is 16.0. The van der Waals surface area contributed by atoms with Crippen molar-refractivity contribution >= 4 is 45.4 Å². The van der Waals surface area contributed by atoms with Gasteiger partial charge in [-0.15, -0.1) is 0 Å². The maximum atomic E-state index is 2.83. The van der Waals surface area contributed by atoms with Crippen molar-refractivity contribution in [3.63, 3.8) is 0 Å². The molecule has 2 nitrogen and oxygen atoms in total. The minimum atomic E-state index is -0.0138. The SMILES string of the molecule is Cc1cc2c3c(c1)-n1c(-c4ccccc4)c(C(C)(C)C)c4cccc(c41)B3c1cccc3c1N2C1(C)CCCCC31C. The molecule has 0 N–H and O–H groups in total. The van der Waals surface area contributed by atoms with E-state index in [2.05, 4.69) is 130 Å². The van der Waals surface area contributed by atoms with Crippen molar-refractivity contribution < 1.29 is 0 Å². The molecule has 3 heteroatoms. The van der Waals surface area contributed by atoms with Gasteiger partial charge in [-0.2, -0.15) is 0 Å². The zero-order chi connectivity index (χ0) is 28.8. The number of anilines is 2. The summed E-state index contributed by atoms with van der Waals surface area (Å²) in [5.74, 6) is 0. The van der Waals surface area contributed by atoms with Crippen LogP contribution in [0.15, 0.2) is 78.9 Å². The lowest BCUT2D eigenvalue weighted by Gasteiger charge is -2.52. The average Bonchev–Trinajstić information content (AvgIpc) is 3.43. The van der Waals surface area contributed by atoms with Crippen LogP contribution in [0.1, 0.15) is 77.0 Å². The number of nitrogens with zero attached hydrogens (tertiary/aromatic N) is 2. The van der Waals surface area contributed by atoms with Crippen LogP contribution in [0.5, 0.6) is 0 Å². The second-order valence-corrected chi connectivity index (χ2v) is 15.0. The van der Waals surface area contributed by atoms with E-state index in [1.165, 1.54) is 92.4 Å². The third-order valence-electron chi connectivity index (χ3n) is 11.6. The van der Waals surface area contributed by atoms with Gasteiger partial charge in [0.05, 0.1) is 11.2 Å². The summed E-state index contributed by atoms with van der Waals surface area (Å²) in [6, 6.07) is 30.5. The Kier molecular flexibility index (Phi) is 4.62. The Morgan fingerprint density at radius 3 is 2.29 bits per heavy atom. The topological polar surface area (TPSA) is 8.17 Å². The number of aryl methyl sites for hydroxylation is 1. The Hall–Kier alpha value is -3.72. The Bertz CT molecular complexity index is 1980. The Morgan fingerprint density at radius 2 is 1.50 bits per heavy atom. The molecule has 208 valence electrons. The van der Waals surface area contributed by atoms with Gasteiger partial charge in [0, 0.05) is 33.4 Å². The molecule has 0 bridgehead atoms. The molecule has 5 aromatic rings. The lowest BCUT2D eigenvalue weighted by Crippen LogP contribution is -2.64. The van der Waals surface area contributed by atoms with E-state index in [9.17, 15) is 0 Å². The first kappa shape index (κ1) is 24.8. The van der Waals surface area contributed by atoms with Crippen molar-refractivity contribution in [1.29, 1.82) is 0 Å². The van der Waals surface area contributed by atoms with Gasteiger partial charge in [0.1, 0.15) is 0 Å². The summed E-state index contributed by atoms with van der Waals surface area (Å²) in [4.78, 5) is 2.83. The van der Waals surface area contributed by atoms with Gasteiger partial charge in [0.25, 0.3) is 6.71 Å². The molecule has 1 saturated carbocycles.